The number of nitrogens with one attached hydrogen (secondary N) is 3. The second kappa shape index (κ2) is 12.3. The molecule has 2 aromatic rings. The number of benzene rings is 2. The van der Waals surface area contributed by atoms with Crippen LogP contribution in [-0.2, 0) is 17.9 Å². The third-order valence-corrected chi connectivity index (χ3v) is 3.76. The van der Waals surface area contributed by atoms with Crippen molar-refractivity contribution in [2.45, 2.75) is 26.9 Å². The van der Waals surface area contributed by atoms with E-state index in [0.29, 0.717) is 19.0 Å². The predicted molar refractivity (Wildman–Crippen MR) is 118 cm³/mol. The molecule has 0 aromatic heterocycles. The van der Waals surface area contributed by atoms with Gasteiger partial charge in [0.05, 0.1) is 13.1 Å². The van der Waals surface area contributed by atoms with Crippen molar-refractivity contribution in [2.24, 2.45) is 4.99 Å². The SMILES string of the molecule is CCNC(=NCc1ccccc1C)NCC(=O)NCc1ccccc1.I. The molecule has 0 fully saturated rings. The molecule has 1 amide bonds. The molecule has 0 saturated carbocycles. The number of carbonyl (C=O) groups is 1. The summed E-state index contributed by atoms with van der Waals surface area (Å²) in [5, 5.41) is 9.13. The monoisotopic (exact) mass is 466 g/mol. The Morgan fingerprint density at radius 2 is 1.65 bits per heavy atom. The van der Waals surface area contributed by atoms with Crippen LogP contribution >= 0.6 is 24.0 Å². The Bertz CT molecular complexity index is 704. The summed E-state index contributed by atoms with van der Waals surface area (Å²) in [4.78, 5) is 16.5. The van der Waals surface area contributed by atoms with Gasteiger partial charge in [-0.3, -0.25) is 4.79 Å². The van der Waals surface area contributed by atoms with E-state index in [9.17, 15) is 4.79 Å². The van der Waals surface area contributed by atoms with E-state index in [1.165, 1.54) is 11.1 Å². The first-order chi connectivity index (χ1) is 12.2. The van der Waals surface area contributed by atoms with Crippen LogP contribution in [0.25, 0.3) is 0 Å². The lowest BCUT2D eigenvalue weighted by Gasteiger charge is -2.12. The summed E-state index contributed by atoms with van der Waals surface area (Å²) in [6.07, 6.45) is 0. The fraction of sp³-hybridized carbons (Fsp3) is 0.300. The van der Waals surface area contributed by atoms with Crippen molar-refractivity contribution in [3.05, 3.63) is 71.3 Å². The number of hydrogen-bond acceptors (Lipinski definition) is 2. The molecule has 0 aliphatic heterocycles. The van der Waals surface area contributed by atoms with Crippen LogP contribution in [0.2, 0.25) is 0 Å². The maximum atomic E-state index is 12.0. The van der Waals surface area contributed by atoms with Crippen LogP contribution in [0, 0.1) is 6.92 Å². The van der Waals surface area contributed by atoms with Gasteiger partial charge >= 0.3 is 0 Å². The minimum atomic E-state index is -0.0645. The highest BCUT2D eigenvalue weighted by Gasteiger charge is 2.04. The molecule has 2 rings (SSSR count). The van der Waals surface area contributed by atoms with Gasteiger partial charge in [0.1, 0.15) is 0 Å². The summed E-state index contributed by atoms with van der Waals surface area (Å²) in [5.74, 6) is 0.575. The summed E-state index contributed by atoms with van der Waals surface area (Å²) in [5.41, 5.74) is 3.46. The Labute approximate surface area is 172 Å². The van der Waals surface area contributed by atoms with Gasteiger partial charge in [0, 0.05) is 13.1 Å². The fourth-order valence-electron chi connectivity index (χ4n) is 2.32. The number of guanidine groups is 1. The molecule has 0 aliphatic rings. The standard InChI is InChI=1S/C20H26N4O.HI/c1-3-21-20(23-14-18-12-8-7-9-16(18)2)24-15-19(25)22-13-17-10-5-4-6-11-17;/h4-12H,3,13-15H2,1-2H3,(H,22,25)(H2,21,23,24);1H. The predicted octanol–water partition coefficient (Wildman–Crippen LogP) is 2.98. The van der Waals surface area contributed by atoms with Gasteiger partial charge < -0.3 is 16.0 Å². The maximum absolute atomic E-state index is 12.0. The Kier molecular flexibility index (Phi) is 10.4. The van der Waals surface area contributed by atoms with Gasteiger partial charge in [0.15, 0.2) is 5.96 Å². The lowest BCUT2D eigenvalue weighted by atomic mass is 10.1. The highest BCUT2D eigenvalue weighted by Crippen LogP contribution is 2.07. The van der Waals surface area contributed by atoms with Crippen LogP contribution in [0.5, 0.6) is 0 Å². The van der Waals surface area contributed by atoms with Gasteiger partial charge in [-0.15, -0.1) is 24.0 Å². The van der Waals surface area contributed by atoms with Crippen LogP contribution in [0.15, 0.2) is 59.6 Å². The molecule has 0 unspecified atom stereocenters. The van der Waals surface area contributed by atoms with Gasteiger partial charge in [-0.2, -0.15) is 0 Å². The zero-order chi connectivity index (χ0) is 17.9. The molecule has 0 bridgehead atoms. The van der Waals surface area contributed by atoms with Gasteiger partial charge in [0.25, 0.3) is 0 Å². The van der Waals surface area contributed by atoms with Crippen molar-refractivity contribution in [3.8, 4) is 0 Å². The Morgan fingerprint density at radius 1 is 0.962 bits per heavy atom. The van der Waals surface area contributed by atoms with Crippen molar-refractivity contribution in [1.29, 1.82) is 0 Å². The van der Waals surface area contributed by atoms with E-state index in [1.54, 1.807) is 0 Å². The number of aliphatic imine (C=N–C) groups is 1. The van der Waals surface area contributed by atoms with E-state index < -0.39 is 0 Å². The van der Waals surface area contributed by atoms with Gasteiger partial charge in [-0.05, 0) is 30.5 Å². The first kappa shape index (κ1) is 22.0. The fourth-order valence-corrected chi connectivity index (χ4v) is 2.32. The first-order valence-electron chi connectivity index (χ1n) is 8.56. The lowest BCUT2D eigenvalue weighted by molar-refractivity contribution is -0.120. The Hall–Kier alpha value is -2.09. The second-order valence-corrected chi connectivity index (χ2v) is 5.74. The number of aryl methyl sites for hydroxylation is 1. The van der Waals surface area contributed by atoms with Crippen LogP contribution in [-0.4, -0.2) is 25.0 Å². The molecule has 140 valence electrons. The number of carbonyl (C=O) groups excluding carboxylic acids is 1. The maximum Gasteiger partial charge on any atom is 0.239 e. The summed E-state index contributed by atoms with van der Waals surface area (Å²) < 4.78 is 0. The molecule has 0 aliphatic carbocycles. The van der Waals surface area contributed by atoms with Crippen molar-refractivity contribution in [2.75, 3.05) is 13.1 Å². The largest absolute Gasteiger partial charge is 0.357 e. The minimum absolute atomic E-state index is 0. The zero-order valence-electron chi connectivity index (χ0n) is 15.3. The van der Waals surface area contributed by atoms with Gasteiger partial charge in [-0.1, -0.05) is 54.6 Å². The molecule has 0 atom stereocenters. The molecule has 26 heavy (non-hydrogen) atoms. The van der Waals surface area contributed by atoms with E-state index in [4.69, 9.17) is 0 Å². The van der Waals surface area contributed by atoms with E-state index in [2.05, 4.69) is 40.0 Å². The average molecular weight is 466 g/mol. The molecule has 0 heterocycles. The van der Waals surface area contributed by atoms with E-state index in [-0.39, 0.29) is 36.4 Å². The molecule has 0 radical (unpaired) electrons. The third-order valence-electron chi connectivity index (χ3n) is 3.76. The summed E-state index contributed by atoms with van der Waals surface area (Å²) in [6.45, 7) is 6.10. The summed E-state index contributed by atoms with van der Waals surface area (Å²) in [7, 11) is 0. The van der Waals surface area contributed by atoms with Crippen LogP contribution < -0.4 is 16.0 Å². The number of halogens is 1. The molecule has 0 spiro atoms. The Morgan fingerprint density at radius 3 is 2.35 bits per heavy atom. The molecular weight excluding hydrogens is 439 g/mol. The normalized spacial score (nSPS) is 10.6. The molecule has 5 nitrogen and oxygen atoms in total. The van der Waals surface area contributed by atoms with E-state index in [0.717, 1.165) is 12.1 Å². The van der Waals surface area contributed by atoms with E-state index >= 15 is 0 Å². The number of nitrogens with zero attached hydrogens (tertiary/aromatic N) is 1. The van der Waals surface area contributed by atoms with Gasteiger partial charge in [-0.25, -0.2) is 4.99 Å². The third kappa shape index (κ3) is 7.86. The summed E-state index contributed by atoms with van der Waals surface area (Å²) in [6, 6.07) is 18.0. The number of rotatable bonds is 7. The minimum Gasteiger partial charge on any atom is -0.357 e. The molecule has 6 heteroatoms. The zero-order valence-corrected chi connectivity index (χ0v) is 17.6. The highest BCUT2D eigenvalue weighted by molar-refractivity contribution is 14.0. The lowest BCUT2D eigenvalue weighted by Crippen LogP contribution is -2.43. The number of hydrogen-bond donors (Lipinski definition) is 3. The first-order valence-corrected chi connectivity index (χ1v) is 8.56. The molecule has 2 aromatic carbocycles. The van der Waals surface area contributed by atoms with Crippen molar-refractivity contribution in [1.82, 2.24) is 16.0 Å². The van der Waals surface area contributed by atoms with Crippen LogP contribution in [0.3, 0.4) is 0 Å². The van der Waals surface area contributed by atoms with Crippen LogP contribution in [0.4, 0.5) is 0 Å². The van der Waals surface area contributed by atoms with Crippen LogP contribution in [0.1, 0.15) is 23.6 Å². The Balaban J connectivity index is 0.00000338. The van der Waals surface area contributed by atoms with Crippen molar-refractivity contribution < 1.29 is 4.79 Å². The van der Waals surface area contributed by atoms with Gasteiger partial charge in [0.2, 0.25) is 5.91 Å². The van der Waals surface area contributed by atoms with Crippen molar-refractivity contribution >= 4 is 35.8 Å². The van der Waals surface area contributed by atoms with E-state index in [1.807, 2.05) is 49.4 Å². The topological polar surface area (TPSA) is 65.5 Å². The summed E-state index contributed by atoms with van der Waals surface area (Å²) >= 11 is 0. The molecule has 0 saturated heterocycles. The molecular formula is C20H27IN4O. The highest BCUT2D eigenvalue weighted by atomic mass is 127. The smallest absolute Gasteiger partial charge is 0.239 e. The molecule has 3 N–H and O–H groups in total. The number of amides is 1. The second-order valence-electron chi connectivity index (χ2n) is 5.74. The quantitative estimate of drug-likeness (QED) is 0.334. The average Bonchev–Trinajstić information content (AvgIpc) is 2.64. The van der Waals surface area contributed by atoms with Crippen molar-refractivity contribution in [3.63, 3.8) is 0 Å².